The Morgan fingerprint density at radius 3 is 2.10 bits per heavy atom. The van der Waals surface area contributed by atoms with Crippen molar-refractivity contribution in [2.75, 3.05) is 13.2 Å². The Bertz CT molecular complexity index is 481. The largest absolute Gasteiger partial charge is 0.376 e. The van der Waals surface area contributed by atoms with Gasteiger partial charge in [-0.25, -0.2) is 0 Å². The molecule has 0 saturated carbocycles. The highest BCUT2D eigenvalue weighted by Gasteiger charge is 2.09. The van der Waals surface area contributed by atoms with Gasteiger partial charge >= 0.3 is 0 Å². The van der Waals surface area contributed by atoms with E-state index in [0.29, 0.717) is 13.2 Å². The maximum atomic E-state index is 5.80. The van der Waals surface area contributed by atoms with E-state index in [1.54, 1.807) is 0 Å². The predicted molar refractivity (Wildman–Crippen MR) is 86.3 cm³/mol. The fourth-order valence-electron chi connectivity index (χ4n) is 2.31. The van der Waals surface area contributed by atoms with Gasteiger partial charge in [-0.3, -0.25) is 0 Å². The summed E-state index contributed by atoms with van der Waals surface area (Å²) in [5, 5.41) is 0. The zero-order valence-corrected chi connectivity index (χ0v) is 12.7. The number of hydrogen-bond donors (Lipinski definition) is 0. The van der Waals surface area contributed by atoms with Gasteiger partial charge in [0.05, 0.1) is 19.3 Å². The molecule has 0 radical (unpaired) electrons. The second-order valence-corrected chi connectivity index (χ2v) is 5.10. The van der Waals surface area contributed by atoms with Crippen LogP contribution in [-0.2, 0) is 22.5 Å². The van der Waals surface area contributed by atoms with Crippen LogP contribution < -0.4 is 0 Å². The van der Waals surface area contributed by atoms with Crippen molar-refractivity contribution >= 4 is 0 Å². The highest BCUT2D eigenvalue weighted by atomic mass is 16.5. The van der Waals surface area contributed by atoms with Crippen molar-refractivity contribution in [1.82, 2.24) is 0 Å². The number of aryl methyl sites for hydroxylation is 1. The zero-order valence-electron chi connectivity index (χ0n) is 12.7. The molecule has 0 saturated heterocycles. The minimum atomic E-state index is 0.166. The monoisotopic (exact) mass is 284 g/mol. The van der Waals surface area contributed by atoms with Crippen molar-refractivity contribution in [2.24, 2.45) is 0 Å². The van der Waals surface area contributed by atoms with Gasteiger partial charge in [0.2, 0.25) is 0 Å². The summed E-state index contributed by atoms with van der Waals surface area (Å²) in [6, 6.07) is 20.8. The molecule has 2 heteroatoms. The average molecular weight is 284 g/mol. The van der Waals surface area contributed by atoms with Crippen LogP contribution in [0.2, 0.25) is 0 Å². The molecule has 0 aliphatic heterocycles. The Balaban J connectivity index is 1.73. The molecular formula is C19H24O2. The molecule has 112 valence electrons. The second kappa shape index (κ2) is 9.32. The van der Waals surface area contributed by atoms with Gasteiger partial charge in [-0.05, 0) is 30.9 Å². The first kappa shape index (κ1) is 15.7. The van der Waals surface area contributed by atoms with Crippen molar-refractivity contribution in [3.63, 3.8) is 0 Å². The summed E-state index contributed by atoms with van der Waals surface area (Å²) in [5.41, 5.74) is 2.56. The maximum absolute atomic E-state index is 5.80. The number of hydrogen-bond acceptors (Lipinski definition) is 2. The molecular weight excluding hydrogens is 260 g/mol. The number of benzene rings is 2. The normalized spacial score (nSPS) is 12.2. The Morgan fingerprint density at radius 1 is 0.857 bits per heavy atom. The summed E-state index contributed by atoms with van der Waals surface area (Å²) in [6.07, 6.45) is 2.19. The smallest absolute Gasteiger partial charge is 0.0811 e. The topological polar surface area (TPSA) is 18.5 Å². The Hall–Kier alpha value is -1.64. The highest BCUT2D eigenvalue weighted by Crippen LogP contribution is 2.09. The molecule has 21 heavy (non-hydrogen) atoms. The molecule has 2 nitrogen and oxygen atoms in total. The molecule has 2 aromatic rings. The minimum absolute atomic E-state index is 0.166. The lowest BCUT2D eigenvalue weighted by atomic mass is 10.1. The molecule has 0 aliphatic carbocycles. The van der Waals surface area contributed by atoms with Crippen LogP contribution in [0.4, 0.5) is 0 Å². The fourth-order valence-corrected chi connectivity index (χ4v) is 2.31. The van der Waals surface area contributed by atoms with Gasteiger partial charge in [0.15, 0.2) is 0 Å². The van der Waals surface area contributed by atoms with E-state index in [1.165, 1.54) is 11.1 Å². The lowest BCUT2D eigenvalue weighted by Gasteiger charge is -2.17. The molecule has 0 spiro atoms. The summed E-state index contributed by atoms with van der Waals surface area (Å²) in [4.78, 5) is 0. The Labute approximate surface area is 127 Å². The van der Waals surface area contributed by atoms with E-state index in [0.717, 1.165) is 19.4 Å². The highest BCUT2D eigenvalue weighted by molar-refractivity contribution is 5.15. The van der Waals surface area contributed by atoms with Crippen LogP contribution in [-0.4, -0.2) is 19.3 Å². The van der Waals surface area contributed by atoms with Crippen molar-refractivity contribution in [1.29, 1.82) is 0 Å². The Morgan fingerprint density at radius 2 is 1.48 bits per heavy atom. The fraction of sp³-hybridized carbons (Fsp3) is 0.368. The average Bonchev–Trinajstić information content (AvgIpc) is 2.54. The summed E-state index contributed by atoms with van der Waals surface area (Å²) in [7, 11) is 0. The molecule has 0 heterocycles. The first-order valence-corrected chi connectivity index (χ1v) is 7.65. The lowest BCUT2D eigenvalue weighted by Crippen LogP contribution is -2.20. The van der Waals surface area contributed by atoms with Crippen molar-refractivity contribution < 1.29 is 9.47 Å². The van der Waals surface area contributed by atoms with E-state index < -0.39 is 0 Å². The number of rotatable bonds is 9. The second-order valence-electron chi connectivity index (χ2n) is 5.10. The van der Waals surface area contributed by atoms with Gasteiger partial charge in [-0.1, -0.05) is 60.7 Å². The van der Waals surface area contributed by atoms with Gasteiger partial charge < -0.3 is 9.47 Å². The summed E-state index contributed by atoms with van der Waals surface area (Å²) in [5.74, 6) is 0. The van der Waals surface area contributed by atoms with Gasteiger partial charge in [-0.2, -0.15) is 0 Å². The minimum Gasteiger partial charge on any atom is -0.376 e. The molecule has 1 atom stereocenters. The standard InChI is InChI=1S/C19H24O2/c1-2-21-19(14-13-17-9-5-3-6-10-17)16-20-15-18-11-7-4-8-12-18/h3-12,19H,2,13-16H2,1H3. The zero-order chi connectivity index (χ0) is 14.8. The first-order valence-electron chi connectivity index (χ1n) is 7.65. The van der Waals surface area contributed by atoms with Gasteiger partial charge in [-0.15, -0.1) is 0 Å². The van der Waals surface area contributed by atoms with E-state index in [-0.39, 0.29) is 6.10 Å². The van der Waals surface area contributed by atoms with Crippen molar-refractivity contribution in [3.8, 4) is 0 Å². The van der Waals surface area contributed by atoms with Gasteiger partial charge in [0.25, 0.3) is 0 Å². The number of ether oxygens (including phenoxy) is 2. The van der Waals surface area contributed by atoms with Gasteiger partial charge in [0.1, 0.15) is 0 Å². The van der Waals surface area contributed by atoms with Crippen LogP contribution in [0.1, 0.15) is 24.5 Å². The Kier molecular flexibility index (Phi) is 6.99. The quantitative estimate of drug-likeness (QED) is 0.685. The van der Waals surface area contributed by atoms with E-state index >= 15 is 0 Å². The summed E-state index contributed by atoms with van der Waals surface area (Å²) < 4.78 is 11.6. The van der Waals surface area contributed by atoms with Crippen LogP contribution in [0, 0.1) is 0 Å². The molecule has 0 fully saturated rings. The van der Waals surface area contributed by atoms with E-state index in [2.05, 4.69) is 36.4 Å². The molecule has 2 aromatic carbocycles. The van der Waals surface area contributed by atoms with Crippen molar-refractivity contribution in [3.05, 3.63) is 71.8 Å². The third-order valence-corrected chi connectivity index (χ3v) is 3.42. The van der Waals surface area contributed by atoms with Crippen molar-refractivity contribution in [2.45, 2.75) is 32.5 Å². The maximum Gasteiger partial charge on any atom is 0.0811 e. The SMILES string of the molecule is CCOC(CCc1ccccc1)COCc1ccccc1. The third kappa shape index (κ3) is 6.11. The van der Waals surface area contributed by atoms with Crippen LogP contribution in [0.3, 0.4) is 0 Å². The molecule has 0 N–H and O–H groups in total. The lowest BCUT2D eigenvalue weighted by molar-refractivity contribution is -0.0205. The van der Waals surface area contributed by atoms with Crippen LogP contribution in [0.15, 0.2) is 60.7 Å². The first-order chi connectivity index (χ1) is 10.4. The van der Waals surface area contributed by atoms with E-state index in [4.69, 9.17) is 9.47 Å². The third-order valence-electron chi connectivity index (χ3n) is 3.42. The molecule has 0 aromatic heterocycles. The van der Waals surface area contributed by atoms with Gasteiger partial charge in [0, 0.05) is 6.61 Å². The summed E-state index contributed by atoms with van der Waals surface area (Å²) in [6.45, 7) is 4.06. The van der Waals surface area contributed by atoms with Crippen LogP contribution >= 0.6 is 0 Å². The van der Waals surface area contributed by atoms with Crippen LogP contribution in [0.5, 0.6) is 0 Å². The molecule has 1 unspecified atom stereocenters. The van der Waals surface area contributed by atoms with E-state index in [9.17, 15) is 0 Å². The summed E-state index contributed by atoms with van der Waals surface area (Å²) >= 11 is 0. The molecule has 0 aliphatic rings. The predicted octanol–water partition coefficient (Wildman–Crippen LogP) is 4.24. The molecule has 0 amide bonds. The molecule has 2 rings (SSSR count). The van der Waals surface area contributed by atoms with Crippen LogP contribution in [0.25, 0.3) is 0 Å². The molecule has 0 bridgehead atoms. The van der Waals surface area contributed by atoms with E-state index in [1.807, 2.05) is 31.2 Å².